The van der Waals surface area contributed by atoms with Gasteiger partial charge in [0.25, 0.3) is 0 Å². The van der Waals surface area contributed by atoms with Gasteiger partial charge >= 0.3 is 0 Å². The van der Waals surface area contributed by atoms with Crippen LogP contribution in [0.4, 0.5) is 0 Å². The normalized spacial score (nSPS) is 46.4. The van der Waals surface area contributed by atoms with Gasteiger partial charge in [0.2, 0.25) is 0 Å². The van der Waals surface area contributed by atoms with Gasteiger partial charge in [-0.1, -0.05) is 26.0 Å². The summed E-state index contributed by atoms with van der Waals surface area (Å²) < 4.78 is 12.1. The van der Waals surface area contributed by atoms with E-state index in [0.717, 1.165) is 12.8 Å². The van der Waals surface area contributed by atoms with Crippen LogP contribution in [0.2, 0.25) is 0 Å². The molecule has 1 saturated carbocycles. The van der Waals surface area contributed by atoms with Gasteiger partial charge in [-0.05, 0) is 32.1 Å². The fraction of sp³-hybridized carbons (Fsp3) is 0.857. The van der Waals surface area contributed by atoms with E-state index in [9.17, 15) is 0 Å². The standard InChI is InChI=1S/C14H24O2/c1-9(2)13(6)8-14(7-10(13)3)15-11(4)12(5)16-14/h10-12H,1,7-8H2,2-6H3/t10-,11+,12+,13+/m0/s1. The molecule has 0 aromatic rings. The van der Waals surface area contributed by atoms with Crippen molar-refractivity contribution < 1.29 is 9.47 Å². The molecule has 2 nitrogen and oxygen atoms in total. The van der Waals surface area contributed by atoms with Crippen molar-refractivity contribution in [1.82, 2.24) is 0 Å². The third-order valence-electron chi connectivity index (χ3n) is 4.78. The predicted octanol–water partition coefficient (Wildman–Crippen LogP) is 3.52. The molecule has 0 amide bonds. The van der Waals surface area contributed by atoms with E-state index in [1.807, 2.05) is 0 Å². The van der Waals surface area contributed by atoms with Crippen LogP contribution in [0.1, 0.15) is 47.5 Å². The Morgan fingerprint density at radius 3 is 2.06 bits per heavy atom. The molecular formula is C14H24O2. The molecule has 2 fully saturated rings. The van der Waals surface area contributed by atoms with E-state index < -0.39 is 0 Å². The van der Waals surface area contributed by atoms with Crippen molar-refractivity contribution in [1.29, 1.82) is 0 Å². The van der Waals surface area contributed by atoms with Crippen LogP contribution >= 0.6 is 0 Å². The lowest BCUT2D eigenvalue weighted by atomic mass is 9.75. The third kappa shape index (κ3) is 1.63. The minimum atomic E-state index is -0.341. The molecule has 0 radical (unpaired) electrons. The van der Waals surface area contributed by atoms with Crippen LogP contribution in [-0.2, 0) is 9.47 Å². The van der Waals surface area contributed by atoms with Crippen LogP contribution in [0, 0.1) is 11.3 Å². The molecule has 16 heavy (non-hydrogen) atoms. The van der Waals surface area contributed by atoms with Crippen molar-refractivity contribution in [3.8, 4) is 0 Å². The maximum atomic E-state index is 6.07. The Balaban J connectivity index is 2.21. The van der Waals surface area contributed by atoms with Crippen molar-refractivity contribution in [2.24, 2.45) is 11.3 Å². The highest BCUT2D eigenvalue weighted by atomic mass is 16.8. The first-order chi connectivity index (χ1) is 7.29. The summed E-state index contributed by atoms with van der Waals surface area (Å²) in [5.74, 6) is 0.230. The lowest BCUT2D eigenvalue weighted by Gasteiger charge is -2.30. The second-order valence-electron chi connectivity index (χ2n) is 6.04. The SMILES string of the molecule is C=C(C)[C@@]1(C)CC2(C[C@@H]1C)O[C@H](C)[C@@H](C)O2. The number of hydrogen-bond acceptors (Lipinski definition) is 2. The Morgan fingerprint density at radius 1 is 1.19 bits per heavy atom. The van der Waals surface area contributed by atoms with Gasteiger partial charge in [0.05, 0.1) is 12.2 Å². The second kappa shape index (κ2) is 3.58. The molecule has 0 N–H and O–H groups in total. The molecule has 0 bridgehead atoms. The minimum Gasteiger partial charge on any atom is -0.344 e. The van der Waals surface area contributed by atoms with Crippen molar-refractivity contribution in [2.75, 3.05) is 0 Å². The van der Waals surface area contributed by atoms with Gasteiger partial charge in [-0.3, -0.25) is 0 Å². The predicted molar refractivity (Wildman–Crippen MR) is 65.1 cm³/mol. The molecule has 92 valence electrons. The smallest absolute Gasteiger partial charge is 0.170 e. The molecule has 1 saturated heterocycles. The van der Waals surface area contributed by atoms with Gasteiger partial charge in [0, 0.05) is 12.8 Å². The molecule has 1 spiro atoms. The molecule has 0 aromatic carbocycles. The summed E-state index contributed by atoms with van der Waals surface area (Å²) in [4.78, 5) is 0. The van der Waals surface area contributed by atoms with E-state index in [2.05, 4.69) is 41.2 Å². The van der Waals surface area contributed by atoms with E-state index in [1.54, 1.807) is 0 Å². The van der Waals surface area contributed by atoms with Crippen molar-refractivity contribution in [3.05, 3.63) is 12.2 Å². The number of rotatable bonds is 1. The number of hydrogen-bond donors (Lipinski definition) is 0. The highest BCUT2D eigenvalue weighted by Gasteiger charge is 2.56. The van der Waals surface area contributed by atoms with Crippen molar-refractivity contribution in [3.63, 3.8) is 0 Å². The van der Waals surface area contributed by atoms with Crippen LogP contribution in [0.3, 0.4) is 0 Å². The Hall–Kier alpha value is -0.340. The van der Waals surface area contributed by atoms with Gasteiger partial charge in [0.1, 0.15) is 0 Å². The maximum absolute atomic E-state index is 6.07. The highest BCUT2D eigenvalue weighted by molar-refractivity contribution is 5.14. The Bertz CT molecular complexity index is 300. The maximum Gasteiger partial charge on any atom is 0.170 e. The van der Waals surface area contributed by atoms with Gasteiger partial charge < -0.3 is 9.47 Å². The van der Waals surface area contributed by atoms with Crippen molar-refractivity contribution >= 4 is 0 Å². The summed E-state index contributed by atoms with van der Waals surface area (Å²) >= 11 is 0. The Morgan fingerprint density at radius 2 is 1.69 bits per heavy atom. The van der Waals surface area contributed by atoms with E-state index in [1.165, 1.54) is 5.57 Å². The summed E-state index contributed by atoms with van der Waals surface area (Å²) in [6, 6.07) is 0. The summed E-state index contributed by atoms with van der Waals surface area (Å²) in [5, 5.41) is 0. The largest absolute Gasteiger partial charge is 0.344 e. The zero-order valence-electron chi connectivity index (χ0n) is 11.2. The molecule has 2 heteroatoms. The van der Waals surface area contributed by atoms with Crippen LogP contribution in [0.25, 0.3) is 0 Å². The van der Waals surface area contributed by atoms with Crippen LogP contribution < -0.4 is 0 Å². The lowest BCUT2D eigenvalue weighted by Crippen LogP contribution is -2.29. The molecule has 4 atom stereocenters. The first kappa shape index (κ1) is 12.1. The monoisotopic (exact) mass is 224 g/mol. The van der Waals surface area contributed by atoms with Crippen LogP contribution in [-0.4, -0.2) is 18.0 Å². The minimum absolute atomic E-state index is 0.157. The molecular weight excluding hydrogens is 200 g/mol. The van der Waals surface area contributed by atoms with E-state index in [0.29, 0.717) is 5.92 Å². The highest BCUT2D eigenvalue weighted by Crippen LogP contribution is 2.56. The van der Waals surface area contributed by atoms with Gasteiger partial charge in [-0.15, -0.1) is 0 Å². The molecule has 1 aliphatic heterocycles. The number of allylic oxidation sites excluding steroid dienone is 1. The first-order valence-electron chi connectivity index (χ1n) is 6.31. The molecule has 0 aromatic heterocycles. The molecule has 0 unspecified atom stereocenters. The van der Waals surface area contributed by atoms with E-state index in [4.69, 9.17) is 9.47 Å². The zero-order chi connectivity index (χ0) is 12.1. The summed E-state index contributed by atoms with van der Waals surface area (Å²) in [7, 11) is 0. The molecule has 1 heterocycles. The zero-order valence-corrected chi connectivity index (χ0v) is 11.2. The first-order valence-corrected chi connectivity index (χ1v) is 6.31. The van der Waals surface area contributed by atoms with Gasteiger partial charge in [-0.25, -0.2) is 0 Å². The van der Waals surface area contributed by atoms with Crippen LogP contribution in [0.5, 0.6) is 0 Å². The van der Waals surface area contributed by atoms with Gasteiger partial charge in [-0.2, -0.15) is 0 Å². The molecule has 1 aliphatic carbocycles. The quantitative estimate of drug-likeness (QED) is 0.634. The van der Waals surface area contributed by atoms with E-state index >= 15 is 0 Å². The summed E-state index contributed by atoms with van der Waals surface area (Å²) in [5.41, 5.74) is 1.40. The second-order valence-corrected chi connectivity index (χ2v) is 6.04. The van der Waals surface area contributed by atoms with Crippen LogP contribution in [0.15, 0.2) is 12.2 Å². The third-order valence-corrected chi connectivity index (χ3v) is 4.78. The average molecular weight is 224 g/mol. The molecule has 2 rings (SSSR count). The van der Waals surface area contributed by atoms with Gasteiger partial charge in [0.15, 0.2) is 5.79 Å². The fourth-order valence-electron chi connectivity index (χ4n) is 3.15. The lowest BCUT2D eigenvalue weighted by molar-refractivity contribution is -0.172. The summed E-state index contributed by atoms with van der Waals surface area (Å²) in [6.07, 6.45) is 2.36. The Labute approximate surface area is 99.0 Å². The summed E-state index contributed by atoms with van der Waals surface area (Å²) in [6.45, 7) is 15.0. The Kier molecular flexibility index (Phi) is 2.71. The van der Waals surface area contributed by atoms with Crippen molar-refractivity contribution in [2.45, 2.75) is 65.5 Å². The molecule has 2 aliphatic rings. The van der Waals surface area contributed by atoms with E-state index in [-0.39, 0.29) is 23.4 Å². The average Bonchev–Trinajstić information content (AvgIpc) is 2.53. The number of ether oxygens (including phenoxy) is 2. The topological polar surface area (TPSA) is 18.5 Å². The fourth-order valence-corrected chi connectivity index (χ4v) is 3.15.